The van der Waals surface area contributed by atoms with Gasteiger partial charge in [0.2, 0.25) is 0 Å². The Morgan fingerprint density at radius 2 is 1.83 bits per heavy atom. The molecule has 0 amide bonds. The Labute approximate surface area is 141 Å². The van der Waals surface area contributed by atoms with Gasteiger partial charge >= 0.3 is 5.97 Å². The number of hydrogen-bond donors (Lipinski definition) is 1. The van der Waals surface area contributed by atoms with E-state index in [4.69, 9.17) is 16.3 Å². The molecule has 1 atom stereocenters. The van der Waals surface area contributed by atoms with E-state index in [0.29, 0.717) is 5.75 Å². The lowest BCUT2D eigenvalue weighted by Gasteiger charge is -2.13. The van der Waals surface area contributed by atoms with E-state index in [0.717, 1.165) is 12.1 Å². The summed E-state index contributed by atoms with van der Waals surface area (Å²) in [6.45, 7) is 0. The number of carbonyl (C=O) groups is 2. The minimum Gasteiger partial charge on any atom is -0.495 e. The number of aliphatic carboxylic acids is 1. The predicted molar refractivity (Wildman–Crippen MR) is 85.8 cm³/mol. The number of nitro benzene ring substituents is 1. The number of methoxy groups -OCH3 is 1. The third-order valence-electron chi connectivity index (χ3n) is 3.38. The molecule has 124 valence electrons. The summed E-state index contributed by atoms with van der Waals surface area (Å²) >= 11 is 5.98. The zero-order valence-corrected chi connectivity index (χ0v) is 13.2. The van der Waals surface area contributed by atoms with Gasteiger partial charge in [-0.15, -0.1) is 0 Å². The molecule has 1 N–H and O–H groups in total. The summed E-state index contributed by atoms with van der Waals surface area (Å²) in [5, 5.41) is 20.2. The summed E-state index contributed by atoms with van der Waals surface area (Å²) in [6, 6.07) is 9.00. The highest BCUT2D eigenvalue weighted by atomic mass is 35.5. The van der Waals surface area contributed by atoms with Crippen molar-refractivity contribution in [1.29, 1.82) is 0 Å². The molecule has 0 saturated carbocycles. The molecule has 0 aliphatic heterocycles. The van der Waals surface area contributed by atoms with Crippen molar-refractivity contribution in [3.63, 3.8) is 0 Å². The Hall–Kier alpha value is -2.93. The number of carbonyl (C=O) groups excluding carboxylic acids is 1. The van der Waals surface area contributed by atoms with Crippen LogP contribution in [0.3, 0.4) is 0 Å². The number of carboxylic acids is 1. The van der Waals surface area contributed by atoms with E-state index in [2.05, 4.69) is 0 Å². The average molecular weight is 350 g/mol. The van der Waals surface area contributed by atoms with Crippen LogP contribution in [0.1, 0.15) is 21.8 Å². The molecule has 8 heteroatoms. The predicted octanol–water partition coefficient (Wildman–Crippen LogP) is 3.31. The van der Waals surface area contributed by atoms with E-state index < -0.39 is 22.6 Å². The van der Waals surface area contributed by atoms with Crippen molar-refractivity contribution in [2.45, 2.75) is 5.92 Å². The van der Waals surface area contributed by atoms with Crippen molar-refractivity contribution in [2.75, 3.05) is 7.11 Å². The summed E-state index contributed by atoms with van der Waals surface area (Å²) < 4.78 is 4.99. The summed E-state index contributed by atoms with van der Waals surface area (Å²) in [4.78, 5) is 34.1. The van der Waals surface area contributed by atoms with Crippen LogP contribution in [0.25, 0.3) is 0 Å². The third-order valence-corrected chi connectivity index (χ3v) is 3.68. The molecule has 2 rings (SSSR count). The molecule has 0 saturated heterocycles. The fourth-order valence-electron chi connectivity index (χ4n) is 2.18. The highest BCUT2D eigenvalue weighted by Crippen LogP contribution is 2.30. The average Bonchev–Trinajstić information content (AvgIpc) is 2.55. The first kappa shape index (κ1) is 17.4. The summed E-state index contributed by atoms with van der Waals surface area (Å²) in [5.74, 6) is -3.17. The van der Waals surface area contributed by atoms with Crippen molar-refractivity contribution < 1.29 is 24.4 Å². The van der Waals surface area contributed by atoms with E-state index in [1.807, 2.05) is 0 Å². The highest BCUT2D eigenvalue weighted by Gasteiger charge is 2.30. The van der Waals surface area contributed by atoms with Crippen molar-refractivity contribution in [3.05, 3.63) is 68.7 Å². The van der Waals surface area contributed by atoms with Gasteiger partial charge in [-0.25, -0.2) is 0 Å². The molecule has 0 fully saturated rings. The van der Waals surface area contributed by atoms with Gasteiger partial charge in [-0.1, -0.05) is 17.7 Å². The highest BCUT2D eigenvalue weighted by molar-refractivity contribution is 6.32. The van der Waals surface area contributed by atoms with Crippen LogP contribution in [-0.4, -0.2) is 28.9 Å². The first-order valence-electron chi connectivity index (χ1n) is 6.70. The van der Waals surface area contributed by atoms with Gasteiger partial charge in [-0.05, 0) is 29.8 Å². The Balaban J connectivity index is 2.40. The summed E-state index contributed by atoms with van der Waals surface area (Å²) in [6.07, 6.45) is 0. The second-order valence-electron chi connectivity index (χ2n) is 4.83. The van der Waals surface area contributed by atoms with Crippen molar-refractivity contribution >= 4 is 29.0 Å². The smallest absolute Gasteiger partial charge is 0.318 e. The van der Waals surface area contributed by atoms with Crippen LogP contribution in [0, 0.1) is 10.1 Å². The Bertz CT molecular complexity index is 803. The molecule has 2 aromatic carbocycles. The molecular formula is C16H12ClNO6. The van der Waals surface area contributed by atoms with Crippen LogP contribution in [0.2, 0.25) is 5.02 Å². The second-order valence-corrected chi connectivity index (χ2v) is 5.24. The third kappa shape index (κ3) is 3.52. The van der Waals surface area contributed by atoms with Gasteiger partial charge in [0.1, 0.15) is 11.7 Å². The van der Waals surface area contributed by atoms with Crippen LogP contribution in [0.5, 0.6) is 5.75 Å². The van der Waals surface area contributed by atoms with Gasteiger partial charge < -0.3 is 9.84 Å². The van der Waals surface area contributed by atoms with Gasteiger partial charge in [-0.2, -0.15) is 0 Å². The molecule has 7 nitrogen and oxygen atoms in total. The van der Waals surface area contributed by atoms with Crippen molar-refractivity contribution in [3.8, 4) is 5.75 Å². The number of nitrogens with zero attached hydrogens (tertiary/aromatic N) is 1. The van der Waals surface area contributed by atoms with Gasteiger partial charge in [0.05, 0.1) is 17.1 Å². The number of ether oxygens (including phenoxy) is 1. The number of halogens is 1. The number of benzene rings is 2. The van der Waals surface area contributed by atoms with Crippen molar-refractivity contribution in [1.82, 2.24) is 0 Å². The molecule has 0 heterocycles. The Morgan fingerprint density at radius 1 is 1.21 bits per heavy atom. The second kappa shape index (κ2) is 7.10. The van der Waals surface area contributed by atoms with Gasteiger partial charge in [0, 0.05) is 17.7 Å². The summed E-state index contributed by atoms with van der Waals surface area (Å²) in [7, 11) is 1.41. The summed E-state index contributed by atoms with van der Waals surface area (Å²) in [5.41, 5.74) is 0.0579. The zero-order chi connectivity index (χ0) is 17.9. The Morgan fingerprint density at radius 3 is 2.29 bits per heavy atom. The van der Waals surface area contributed by atoms with Crippen molar-refractivity contribution in [2.24, 2.45) is 0 Å². The maximum Gasteiger partial charge on any atom is 0.318 e. The maximum atomic E-state index is 12.5. The van der Waals surface area contributed by atoms with Crippen LogP contribution < -0.4 is 4.74 Å². The normalized spacial score (nSPS) is 11.6. The van der Waals surface area contributed by atoms with E-state index in [1.165, 1.54) is 37.4 Å². The molecule has 1 unspecified atom stereocenters. The number of ketones is 1. The first-order valence-corrected chi connectivity index (χ1v) is 7.08. The van der Waals surface area contributed by atoms with Gasteiger partial charge in [0.15, 0.2) is 5.78 Å². The molecule has 0 radical (unpaired) electrons. The van der Waals surface area contributed by atoms with E-state index >= 15 is 0 Å². The maximum absolute atomic E-state index is 12.5. The molecule has 0 aliphatic rings. The zero-order valence-electron chi connectivity index (χ0n) is 12.4. The number of carboxylic acid groups (broad SMARTS) is 1. The molecule has 0 bridgehead atoms. The number of non-ortho nitro benzene ring substituents is 1. The topological polar surface area (TPSA) is 107 Å². The lowest BCUT2D eigenvalue weighted by atomic mass is 9.90. The fourth-order valence-corrected chi connectivity index (χ4v) is 2.45. The van der Waals surface area contributed by atoms with Gasteiger partial charge in [-0.3, -0.25) is 19.7 Å². The quantitative estimate of drug-likeness (QED) is 0.371. The molecule has 24 heavy (non-hydrogen) atoms. The molecule has 2 aromatic rings. The molecule has 0 spiro atoms. The first-order chi connectivity index (χ1) is 11.3. The van der Waals surface area contributed by atoms with Crippen LogP contribution in [0.4, 0.5) is 5.69 Å². The lowest BCUT2D eigenvalue weighted by Crippen LogP contribution is -2.22. The minimum absolute atomic E-state index is 0.0555. The standard InChI is InChI=1S/C16H12ClNO6/c1-24-13-7-4-10(8-12(13)17)14(16(20)21)15(19)9-2-5-11(6-3-9)18(22)23/h2-8,14H,1H3,(H,20,21). The van der Waals surface area contributed by atoms with Crippen LogP contribution in [-0.2, 0) is 4.79 Å². The van der Waals surface area contributed by atoms with E-state index in [9.17, 15) is 24.8 Å². The number of hydrogen-bond acceptors (Lipinski definition) is 5. The molecule has 0 aliphatic carbocycles. The number of rotatable bonds is 6. The van der Waals surface area contributed by atoms with Crippen LogP contribution >= 0.6 is 11.6 Å². The SMILES string of the molecule is COc1ccc(C(C(=O)O)C(=O)c2ccc([N+](=O)[O-])cc2)cc1Cl. The van der Waals surface area contributed by atoms with Crippen LogP contribution in [0.15, 0.2) is 42.5 Å². The van der Waals surface area contributed by atoms with E-state index in [1.54, 1.807) is 0 Å². The minimum atomic E-state index is -1.48. The molecular weight excluding hydrogens is 338 g/mol. The molecule has 0 aromatic heterocycles. The van der Waals surface area contributed by atoms with Gasteiger partial charge in [0.25, 0.3) is 5.69 Å². The monoisotopic (exact) mass is 349 g/mol. The van der Waals surface area contributed by atoms with E-state index in [-0.39, 0.29) is 21.8 Å². The Kier molecular flexibility index (Phi) is 5.15. The number of nitro groups is 1. The largest absolute Gasteiger partial charge is 0.495 e. The lowest BCUT2D eigenvalue weighted by molar-refractivity contribution is -0.384. The number of Topliss-reactive ketones (excluding diaryl/α,β-unsaturated/α-hetero) is 1. The fraction of sp³-hybridized carbons (Fsp3) is 0.125.